The Bertz CT molecular complexity index is 1070. The van der Waals surface area contributed by atoms with Crippen LogP contribution in [0.5, 0.6) is 0 Å². The zero-order valence-electron chi connectivity index (χ0n) is 16.9. The maximum absolute atomic E-state index is 12.6. The van der Waals surface area contributed by atoms with Gasteiger partial charge in [-0.1, -0.05) is 18.2 Å². The van der Waals surface area contributed by atoms with Crippen LogP contribution in [-0.2, 0) is 14.8 Å². The number of likely N-dealkylation sites (tertiary alicyclic amines) is 1. The summed E-state index contributed by atoms with van der Waals surface area (Å²) in [5.41, 5.74) is 1.05. The molecular formula is C21H25N3O3S3. The van der Waals surface area contributed by atoms with Gasteiger partial charge in [0.05, 0.1) is 15.2 Å². The molecule has 4 rings (SSSR count). The number of piperidine rings is 1. The molecule has 0 atom stereocenters. The van der Waals surface area contributed by atoms with Crippen LogP contribution in [0.2, 0.25) is 0 Å². The van der Waals surface area contributed by atoms with Gasteiger partial charge in [-0.3, -0.25) is 4.79 Å². The molecule has 0 aliphatic carbocycles. The number of hydrogen-bond donors (Lipinski definition) is 0. The van der Waals surface area contributed by atoms with Gasteiger partial charge in [0, 0.05) is 39.0 Å². The normalized spacial score (nSPS) is 15.9. The average molecular weight is 464 g/mol. The molecule has 1 aliphatic heterocycles. The van der Waals surface area contributed by atoms with Gasteiger partial charge in [0.15, 0.2) is 0 Å². The lowest BCUT2D eigenvalue weighted by Crippen LogP contribution is -2.38. The van der Waals surface area contributed by atoms with E-state index in [-0.39, 0.29) is 5.91 Å². The van der Waals surface area contributed by atoms with Crippen LogP contribution >= 0.6 is 22.7 Å². The maximum Gasteiger partial charge on any atom is 0.252 e. The summed E-state index contributed by atoms with van der Waals surface area (Å²) in [5.74, 6) is 0.521. The Morgan fingerprint density at radius 3 is 2.67 bits per heavy atom. The molecule has 160 valence electrons. The number of rotatable bonds is 7. The summed E-state index contributed by atoms with van der Waals surface area (Å²) in [7, 11) is -1.87. The van der Waals surface area contributed by atoms with E-state index in [0.717, 1.165) is 31.4 Å². The van der Waals surface area contributed by atoms with Crippen LogP contribution in [0.1, 0.15) is 36.6 Å². The number of thiophene rings is 1. The molecule has 2 aromatic heterocycles. The third-order valence-corrected chi connectivity index (χ3v) is 9.96. The topological polar surface area (TPSA) is 70.6 Å². The first kappa shape index (κ1) is 21.4. The third kappa shape index (κ3) is 4.59. The van der Waals surface area contributed by atoms with Gasteiger partial charge in [-0.15, -0.1) is 22.7 Å². The summed E-state index contributed by atoms with van der Waals surface area (Å²) in [5, 5.41) is 2.92. The molecule has 0 N–H and O–H groups in total. The maximum atomic E-state index is 12.6. The van der Waals surface area contributed by atoms with E-state index in [1.54, 1.807) is 35.9 Å². The Balaban J connectivity index is 1.24. The van der Waals surface area contributed by atoms with Gasteiger partial charge >= 0.3 is 0 Å². The number of hydrogen-bond acceptors (Lipinski definition) is 6. The largest absolute Gasteiger partial charge is 0.343 e. The van der Waals surface area contributed by atoms with E-state index in [1.165, 1.54) is 25.3 Å². The first-order valence-corrected chi connectivity index (χ1v) is 13.2. The van der Waals surface area contributed by atoms with Gasteiger partial charge in [-0.05, 0) is 42.8 Å². The molecular weight excluding hydrogens is 438 g/mol. The number of benzene rings is 1. The smallest absolute Gasteiger partial charge is 0.252 e. The lowest BCUT2D eigenvalue weighted by molar-refractivity contribution is -0.132. The second-order valence-corrected chi connectivity index (χ2v) is 11.8. The Labute approximate surface area is 185 Å². The van der Waals surface area contributed by atoms with E-state index in [2.05, 4.69) is 6.07 Å². The fraction of sp³-hybridized carbons (Fsp3) is 0.429. The van der Waals surface area contributed by atoms with E-state index < -0.39 is 10.0 Å². The van der Waals surface area contributed by atoms with E-state index in [4.69, 9.17) is 4.98 Å². The highest BCUT2D eigenvalue weighted by Gasteiger charge is 2.26. The van der Waals surface area contributed by atoms with Gasteiger partial charge in [0.25, 0.3) is 10.0 Å². The molecule has 1 fully saturated rings. The lowest BCUT2D eigenvalue weighted by atomic mass is 9.97. The SMILES string of the molecule is CN(CCCC(=O)N1CCC(c2nc3ccccc3s2)CC1)S(=O)(=O)c1cccs1. The van der Waals surface area contributed by atoms with Crippen LogP contribution in [0.15, 0.2) is 46.0 Å². The summed E-state index contributed by atoms with van der Waals surface area (Å²) < 4.78 is 27.8. The Morgan fingerprint density at radius 1 is 1.20 bits per heavy atom. The van der Waals surface area contributed by atoms with Gasteiger partial charge in [-0.2, -0.15) is 0 Å². The van der Waals surface area contributed by atoms with E-state index >= 15 is 0 Å². The molecule has 1 amide bonds. The number of nitrogens with zero attached hydrogens (tertiary/aromatic N) is 3. The van der Waals surface area contributed by atoms with Crippen LogP contribution in [0.4, 0.5) is 0 Å². The standard InChI is InChI=1S/C21H25N3O3S3/c1-23(30(26,27)20-9-5-15-28-20)12-4-8-19(25)24-13-10-16(11-14-24)21-22-17-6-2-3-7-18(17)29-21/h2-3,5-7,9,15-16H,4,8,10-14H2,1H3. The molecule has 0 saturated carbocycles. The number of aromatic nitrogens is 1. The predicted molar refractivity (Wildman–Crippen MR) is 122 cm³/mol. The van der Waals surface area contributed by atoms with Crippen LogP contribution in [0.3, 0.4) is 0 Å². The molecule has 1 aromatic carbocycles. The van der Waals surface area contributed by atoms with Crippen LogP contribution in [0, 0.1) is 0 Å². The molecule has 1 saturated heterocycles. The zero-order chi connectivity index (χ0) is 21.1. The Kier molecular flexibility index (Phi) is 6.52. The third-order valence-electron chi connectivity index (χ3n) is 5.53. The van der Waals surface area contributed by atoms with Crippen molar-refractivity contribution < 1.29 is 13.2 Å². The Hall–Kier alpha value is -1.81. The summed E-state index contributed by atoms with van der Waals surface area (Å²) >= 11 is 2.97. The second kappa shape index (κ2) is 9.13. The highest BCUT2D eigenvalue weighted by Crippen LogP contribution is 2.34. The number of sulfonamides is 1. The lowest BCUT2D eigenvalue weighted by Gasteiger charge is -2.31. The molecule has 30 heavy (non-hydrogen) atoms. The molecule has 9 heteroatoms. The quantitative estimate of drug-likeness (QED) is 0.527. The monoisotopic (exact) mass is 463 g/mol. The van der Waals surface area contributed by atoms with Crippen molar-refractivity contribution in [3.05, 3.63) is 46.8 Å². The molecule has 1 aliphatic rings. The highest BCUT2D eigenvalue weighted by atomic mass is 32.2. The van der Waals surface area contributed by atoms with Crippen LogP contribution in [0.25, 0.3) is 10.2 Å². The summed E-state index contributed by atoms with van der Waals surface area (Å²) in [4.78, 5) is 19.3. The van der Waals surface area contributed by atoms with Gasteiger partial charge in [-0.25, -0.2) is 17.7 Å². The van der Waals surface area contributed by atoms with Crippen molar-refractivity contribution in [2.75, 3.05) is 26.7 Å². The van der Waals surface area contributed by atoms with Gasteiger partial charge < -0.3 is 4.90 Å². The van der Waals surface area contributed by atoms with Crippen molar-refractivity contribution in [1.82, 2.24) is 14.2 Å². The van der Waals surface area contributed by atoms with Crippen molar-refractivity contribution in [1.29, 1.82) is 0 Å². The molecule has 0 bridgehead atoms. The summed E-state index contributed by atoms with van der Waals surface area (Å²) in [6.07, 6.45) is 2.75. The molecule has 0 radical (unpaired) electrons. The number of carbonyl (C=O) groups excluding carboxylic acids is 1. The fourth-order valence-electron chi connectivity index (χ4n) is 3.74. The van der Waals surface area contributed by atoms with Crippen LogP contribution in [-0.4, -0.2) is 55.2 Å². The number of para-hydroxylation sites is 1. The summed E-state index contributed by atoms with van der Waals surface area (Å²) in [6.45, 7) is 1.82. The van der Waals surface area contributed by atoms with Crippen LogP contribution < -0.4 is 0 Å². The zero-order valence-corrected chi connectivity index (χ0v) is 19.3. The van der Waals surface area contributed by atoms with Crippen molar-refractivity contribution in [2.45, 2.75) is 35.8 Å². The highest BCUT2D eigenvalue weighted by molar-refractivity contribution is 7.91. The van der Waals surface area contributed by atoms with Crippen molar-refractivity contribution in [3.8, 4) is 0 Å². The average Bonchev–Trinajstić information content (AvgIpc) is 3.44. The second-order valence-electron chi connectivity index (χ2n) is 7.54. The number of amides is 1. The van der Waals surface area contributed by atoms with E-state index in [0.29, 0.717) is 29.5 Å². The van der Waals surface area contributed by atoms with E-state index in [1.807, 2.05) is 23.1 Å². The number of fused-ring (bicyclic) bond motifs is 1. The minimum absolute atomic E-state index is 0.111. The fourth-order valence-corrected chi connectivity index (χ4v) is 7.28. The first-order chi connectivity index (χ1) is 14.4. The van der Waals surface area contributed by atoms with Gasteiger partial charge in [0.2, 0.25) is 5.91 Å². The molecule has 0 spiro atoms. The molecule has 3 aromatic rings. The number of thiazole rings is 1. The van der Waals surface area contributed by atoms with E-state index in [9.17, 15) is 13.2 Å². The predicted octanol–water partition coefficient (Wildman–Crippen LogP) is 4.16. The van der Waals surface area contributed by atoms with Crippen molar-refractivity contribution in [2.24, 2.45) is 0 Å². The van der Waals surface area contributed by atoms with Crippen molar-refractivity contribution >= 4 is 48.8 Å². The minimum atomic E-state index is -3.45. The van der Waals surface area contributed by atoms with Crippen molar-refractivity contribution in [3.63, 3.8) is 0 Å². The van der Waals surface area contributed by atoms with Gasteiger partial charge in [0.1, 0.15) is 4.21 Å². The molecule has 0 unspecified atom stereocenters. The summed E-state index contributed by atoms with van der Waals surface area (Å²) in [6, 6.07) is 11.5. The molecule has 3 heterocycles. The number of carbonyl (C=O) groups is 1. The molecule has 6 nitrogen and oxygen atoms in total. The first-order valence-electron chi connectivity index (χ1n) is 10.1. The Morgan fingerprint density at radius 2 is 1.97 bits per heavy atom. The minimum Gasteiger partial charge on any atom is -0.343 e.